The van der Waals surface area contributed by atoms with Gasteiger partial charge in [0.2, 0.25) is 0 Å². The minimum atomic E-state index is -0.0301. The molecule has 159 valence electrons. The summed E-state index contributed by atoms with van der Waals surface area (Å²) in [5, 5.41) is 15.2. The fraction of sp³-hybridized carbons (Fsp3) is 0.318. The maximum Gasteiger partial charge on any atom is 0.187 e. The van der Waals surface area contributed by atoms with E-state index < -0.39 is 0 Å². The van der Waals surface area contributed by atoms with Crippen LogP contribution < -0.4 is 10.6 Å². The molecule has 0 aromatic rings. The number of unbranched alkanes of at least 4 members (excludes halogenated alkanes) is 1. The number of hydrogen-bond donors (Lipinski definition) is 3. The van der Waals surface area contributed by atoms with Crippen LogP contribution in [0.4, 0.5) is 0 Å². The van der Waals surface area contributed by atoms with E-state index in [-0.39, 0.29) is 41.0 Å². The van der Waals surface area contributed by atoms with Crippen molar-refractivity contribution in [3.8, 4) is 0 Å². The van der Waals surface area contributed by atoms with E-state index in [2.05, 4.69) is 10.6 Å². The van der Waals surface area contributed by atoms with Gasteiger partial charge in [0.1, 0.15) is 0 Å². The number of aliphatic hydroxyl groups excluding tert-OH is 1. The zero-order valence-electron chi connectivity index (χ0n) is 16.2. The molecule has 0 saturated carbocycles. The third kappa shape index (κ3) is 9.71. The number of nitrogens with one attached hydrogen (secondary N) is 2. The average molecular weight is 442 g/mol. The maximum absolute atomic E-state index is 11.9. The standard InChI is InChI=1S/C22H27N2O4.Co/c25-12-14-28-13-6-5-9-20(24-16-19-8-2-4-11-22(19)27)17-23-15-18-7-1-3-10-21(18)26;/h1-4,6-8,10-11,15-16,20,23-25H,5,9,12-14,17H2;/q-1;/b18-15-,19-16-;. The van der Waals surface area contributed by atoms with Crippen molar-refractivity contribution in [3.63, 3.8) is 0 Å². The number of carbonyl (C=O) groups is 2. The largest absolute Gasteiger partial charge is 0.411 e. The molecule has 1 unspecified atom stereocenters. The molecule has 6 nitrogen and oxygen atoms in total. The van der Waals surface area contributed by atoms with Gasteiger partial charge in [0.25, 0.3) is 0 Å². The first-order chi connectivity index (χ1) is 13.7. The van der Waals surface area contributed by atoms with Crippen LogP contribution in [0.25, 0.3) is 0 Å². The van der Waals surface area contributed by atoms with Gasteiger partial charge in [-0.3, -0.25) is 9.59 Å². The van der Waals surface area contributed by atoms with Crippen molar-refractivity contribution in [2.45, 2.75) is 18.9 Å². The molecule has 0 amide bonds. The van der Waals surface area contributed by atoms with Gasteiger partial charge in [-0.1, -0.05) is 37.3 Å². The Balaban J connectivity index is 0.00000420. The smallest absolute Gasteiger partial charge is 0.187 e. The zero-order valence-corrected chi connectivity index (χ0v) is 17.2. The molecule has 0 aromatic heterocycles. The number of allylic oxidation sites excluding steroid dienone is 10. The van der Waals surface area contributed by atoms with E-state index in [1.807, 2.05) is 18.6 Å². The molecule has 0 bridgehead atoms. The second-order valence-corrected chi connectivity index (χ2v) is 6.30. The van der Waals surface area contributed by atoms with Crippen LogP contribution >= 0.6 is 0 Å². The zero-order chi connectivity index (χ0) is 20.0. The number of aliphatic hydroxyl groups is 1. The quantitative estimate of drug-likeness (QED) is 0.242. The number of ether oxygens (including phenoxy) is 1. The molecule has 0 spiro atoms. The van der Waals surface area contributed by atoms with E-state index in [1.54, 1.807) is 36.7 Å². The normalized spacial score (nSPS) is 18.9. The summed E-state index contributed by atoms with van der Waals surface area (Å²) in [5.74, 6) is -0.0572. The van der Waals surface area contributed by atoms with E-state index in [9.17, 15) is 9.59 Å². The number of carbonyl (C=O) groups excluding carboxylic acids is 2. The number of hydrogen-bond acceptors (Lipinski definition) is 6. The minimum absolute atomic E-state index is 0. The summed E-state index contributed by atoms with van der Waals surface area (Å²) in [6, 6.07) is 0.0590. The predicted octanol–water partition coefficient (Wildman–Crippen LogP) is 1.68. The van der Waals surface area contributed by atoms with E-state index in [4.69, 9.17) is 9.84 Å². The van der Waals surface area contributed by atoms with Crippen molar-refractivity contribution in [2.24, 2.45) is 0 Å². The van der Waals surface area contributed by atoms with E-state index in [0.717, 1.165) is 12.8 Å². The molecule has 0 saturated heterocycles. The van der Waals surface area contributed by atoms with Crippen LogP contribution in [0.5, 0.6) is 0 Å². The molecule has 3 N–H and O–H groups in total. The SMILES string of the molecule is O=C1C=CC=C/C1=C/NCC(CC[CH-]COCCO)N/C=C1/C=CC=CC1=O.[Co]. The molecule has 0 fully saturated rings. The van der Waals surface area contributed by atoms with Gasteiger partial charge in [-0.15, -0.1) is 0 Å². The molecule has 2 aliphatic rings. The second-order valence-electron chi connectivity index (χ2n) is 6.30. The Labute approximate surface area is 182 Å². The van der Waals surface area contributed by atoms with Gasteiger partial charge >= 0.3 is 0 Å². The van der Waals surface area contributed by atoms with Gasteiger partial charge in [-0.25, -0.2) is 0 Å². The summed E-state index contributed by atoms with van der Waals surface area (Å²) < 4.78 is 5.23. The Kier molecular flexibility index (Phi) is 12.6. The number of rotatable bonds is 12. The third-order valence-corrected chi connectivity index (χ3v) is 4.12. The molecule has 2 aliphatic carbocycles. The van der Waals surface area contributed by atoms with Gasteiger partial charge in [0.05, 0.1) is 13.2 Å². The van der Waals surface area contributed by atoms with Crippen LogP contribution in [-0.4, -0.2) is 49.1 Å². The Bertz CT molecular complexity index is 720. The van der Waals surface area contributed by atoms with Crippen LogP contribution in [0, 0.1) is 6.42 Å². The summed E-state index contributed by atoms with van der Waals surface area (Å²) in [6.07, 6.45) is 20.8. The third-order valence-electron chi connectivity index (χ3n) is 4.12. The molecule has 1 radical (unpaired) electrons. The summed E-state index contributed by atoms with van der Waals surface area (Å²) in [6.45, 7) is 1.43. The Morgan fingerprint density at radius 3 is 2.24 bits per heavy atom. The van der Waals surface area contributed by atoms with Gasteiger partial charge in [0.15, 0.2) is 11.6 Å². The molecule has 7 heteroatoms. The second kappa shape index (κ2) is 14.8. The van der Waals surface area contributed by atoms with Crippen LogP contribution in [0.2, 0.25) is 0 Å². The van der Waals surface area contributed by atoms with Gasteiger partial charge in [-0.2, -0.15) is 6.42 Å². The van der Waals surface area contributed by atoms with E-state index in [1.165, 1.54) is 12.2 Å². The van der Waals surface area contributed by atoms with Crippen molar-refractivity contribution < 1.29 is 36.2 Å². The van der Waals surface area contributed by atoms with Gasteiger partial charge in [-0.05, 0) is 24.3 Å². The van der Waals surface area contributed by atoms with Crippen molar-refractivity contribution in [1.29, 1.82) is 0 Å². The van der Waals surface area contributed by atoms with Gasteiger partial charge in [0, 0.05) is 52.9 Å². The molecular formula is C22H27CoN2O4-. The molecule has 0 heterocycles. The minimum Gasteiger partial charge on any atom is -0.411 e. The summed E-state index contributed by atoms with van der Waals surface area (Å²) in [5.41, 5.74) is 1.22. The van der Waals surface area contributed by atoms with Crippen LogP contribution in [-0.2, 0) is 31.1 Å². The topological polar surface area (TPSA) is 87.7 Å². The first-order valence-corrected chi connectivity index (χ1v) is 9.39. The molecule has 0 aliphatic heterocycles. The first kappa shape index (κ1) is 24.8. The maximum atomic E-state index is 11.9. The molecular weight excluding hydrogens is 415 g/mol. The Morgan fingerprint density at radius 1 is 1.00 bits per heavy atom. The van der Waals surface area contributed by atoms with E-state index >= 15 is 0 Å². The fourth-order valence-electron chi connectivity index (χ4n) is 2.60. The van der Waals surface area contributed by atoms with Crippen molar-refractivity contribution in [2.75, 3.05) is 26.4 Å². The van der Waals surface area contributed by atoms with Crippen molar-refractivity contribution in [1.82, 2.24) is 10.6 Å². The molecule has 1 atom stereocenters. The monoisotopic (exact) mass is 442 g/mol. The molecule has 2 rings (SSSR count). The van der Waals surface area contributed by atoms with Crippen molar-refractivity contribution >= 4 is 11.6 Å². The average Bonchev–Trinajstić information content (AvgIpc) is 2.70. The Morgan fingerprint density at radius 2 is 1.62 bits per heavy atom. The molecule has 29 heavy (non-hydrogen) atoms. The fourth-order valence-corrected chi connectivity index (χ4v) is 2.60. The summed E-state index contributed by atoms with van der Waals surface area (Å²) >= 11 is 0. The van der Waals surface area contributed by atoms with Gasteiger partial charge < -0.3 is 26.9 Å². The summed E-state index contributed by atoms with van der Waals surface area (Å²) in [7, 11) is 0. The first-order valence-electron chi connectivity index (χ1n) is 9.39. The van der Waals surface area contributed by atoms with Crippen LogP contribution in [0.15, 0.2) is 72.2 Å². The van der Waals surface area contributed by atoms with Crippen LogP contribution in [0.3, 0.4) is 0 Å². The number of ketones is 2. The van der Waals surface area contributed by atoms with E-state index in [0.29, 0.717) is 30.9 Å². The predicted molar refractivity (Wildman–Crippen MR) is 109 cm³/mol. The molecule has 0 aromatic carbocycles. The Hall–Kier alpha value is -2.19. The summed E-state index contributed by atoms with van der Waals surface area (Å²) in [4.78, 5) is 23.6. The van der Waals surface area contributed by atoms with Crippen molar-refractivity contribution in [3.05, 3.63) is 78.6 Å². The van der Waals surface area contributed by atoms with Crippen LogP contribution in [0.1, 0.15) is 12.8 Å².